The minimum absolute atomic E-state index is 0.390. The Morgan fingerprint density at radius 3 is 2.90 bits per heavy atom. The largest absolute Gasteiger partial charge is 0.378 e. The number of methoxy groups -OCH3 is 1. The predicted octanol–water partition coefficient (Wildman–Crippen LogP) is 3.20. The van der Waals surface area contributed by atoms with E-state index in [0.29, 0.717) is 23.3 Å². The summed E-state index contributed by atoms with van der Waals surface area (Å²) in [5.41, 5.74) is 2.29. The van der Waals surface area contributed by atoms with Gasteiger partial charge in [0.05, 0.1) is 15.9 Å². The molecule has 0 fully saturated rings. The van der Waals surface area contributed by atoms with E-state index < -0.39 is 0 Å². The second-order valence-electron chi connectivity index (χ2n) is 4.12. The van der Waals surface area contributed by atoms with Crippen molar-refractivity contribution >= 4 is 39.8 Å². The number of fused-ring (bicyclic) bond motifs is 1. The van der Waals surface area contributed by atoms with Crippen molar-refractivity contribution < 1.29 is 4.74 Å². The summed E-state index contributed by atoms with van der Waals surface area (Å²) in [7, 11) is 1.62. The van der Waals surface area contributed by atoms with Crippen molar-refractivity contribution in [2.45, 2.75) is 6.61 Å². The molecule has 7 heteroatoms. The lowest BCUT2D eigenvalue weighted by molar-refractivity contribution is 0.181. The molecule has 0 N–H and O–H groups in total. The fourth-order valence-corrected chi connectivity index (χ4v) is 2.44. The van der Waals surface area contributed by atoms with Gasteiger partial charge in [0, 0.05) is 19.5 Å². The van der Waals surface area contributed by atoms with E-state index in [1.807, 2.05) is 35.0 Å². The third kappa shape index (κ3) is 2.50. The highest BCUT2D eigenvalue weighted by atomic mass is 127. The van der Waals surface area contributed by atoms with Crippen LogP contribution in [-0.2, 0) is 11.3 Å². The van der Waals surface area contributed by atoms with E-state index in [-0.39, 0.29) is 0 Å². The molecule has 0 aliphatic heterocycles. The van der Waals surface area contributed by atoms with Gasteiger partial charge in [-0.05, 0) is 34.7 Å². The maximum absolute atomic E-state index is 6.15. The lowest BCUT2D eigenvalue weighted by Crippen LogP contribution is -2.02. The molecule has 0 radical (unpaired) electrons. The lowest BCUT2D eigenvalue weighted by Gasteiger charge is -2.05. The van der Waals surface area contributed by atoms with E-state index >= 15 is 0 Å². The summed E-state index contributed by atoms with van der Waals surface area (Å²) in [6.45, 7) is 0.390. The van der Waals surface area contributed by atoms with Gasteiger partial charge in [0.1, 0.15) is 16.5 Å². The van der Waals surface area contributed by atoms with Gasteiger partial charge >= 0.3 is 0 Å². The normalized spacial score (nSPS) is 11.2. The van der Waals surface area contributed by atoms with Crippen molar-refractivity contribution in [2.24, 2.45) is 0 Å². The summed E-state index contributed by atoms with van der Waals surface area (Å²) in [5, 5.41) is 0.416. The second-order valence-corrected chi connectivity index (χ2v) is 5.56. The van der Waals surface area contributed by atoms with E-state index in [2.05, 4.69) is 37.5 Å². The number of rotatable bonds is 3. The summed E-state index contributed by atoms with van der Waals surface area (Å²) in [4.78, 5) is 13.3. The Kier molecular flexibility index (Phi) is 3.86. The van der Waals surface area contributed by atoms with Crippen LogP contribution in [0.4, 0.5) is 0 Å². The Labute approximate surface area is 134 Å². The summed E-state index contributed by atoms with van der Waals surface area (Å²) in [6, 6.07) is 5.80. The van der Waals surface area contributed by atoms with Gasteiger partial charge < -0.3 is 9.14 Å². The van der Waals surface area contributed by atoms with Crippen LogP contribution in [0.3, 0.4) is 0 Å². The first-order valence-electron chi connectivity index (χ1n) is 5.84. The molecular formula is C13H10ClIN4O. The molecule has 0 atom stereocenters. The van der Waals surface area contributed by atoms with Gasteiger partial charge in [0.25, 0.3) is 0 Å². The second kappa shape index (κ2) is 5.63. The van der Waals surface area contributed by atoms with E-state index in [4.69, 9.17) is 16.3 Å². The summed E-state index contributed by atoms with van der Waals surface area (Å²) < 4.78 is 7.86. The van der Waals surface area contributed by atoms with Crippen molar-refractivity contribution in [1.29, 1.82) is 0 Å². The molecule has 0 aliphatic rings. The van der Waals surface area contributed by atoms with Crippen LogP contribution in [0, 0.1) is 3.57 Å². The molecule has 0 spiro atoms. The van der Waals surface area contributed by atoms with E-state index in [0.717, 1.165) is 14.9 Å². The molecular weight excluding hydrogens is 391 g/mol. The minimum atomic E-state index is 0.390. The van der Waals surface area contributed by atoms with Crippen LogP contribution in [-0.4, -0.2) is 26.5 Å². The Bertz CT molecular complexity index is 741. The predicted molar refractivity (Wildman–Crippen MR) is 84.7 cm³/mol. The molecule has 5 nitrogen and oxygen atoms in total. The van der Waals surface area contributed by atoms with Gasteiger partial charge in [-0.1, -0.05) is 17.7 Å². The lowest BCUT2D eigenvalue weighted by atomic mass is 10.4. The summed E-state index contributed by atoms with van der Waals surface area (Å²) >= 11 is 8.27. The topological polar surface area (TPSA) is 52.3 Å². The number of ether oxygens (including phenoxy) is 1. The first-order valence-corrected chi connectivity index (χ1v) is 7.29. The number of hydrogen-bond acceptors (Lipinski definition) is 4. The Balaban J connectivity index is 2.13. The minimum Gasteiger partial charge on any atom is -0.378 e. The molecule has 0 unspecified atom stereocenters. The third-order valence-electron chi connectivity index (χ3n) is 2.75. The number of hydrogen-bond donors (Lipinski definition) is 0. The van der Waals surface area contributed by atoms with E-state index in [1.165, 1.54) is 0 Å². The van der Waals surface area contributed by atoms with Crippen molar-refractivity contribution in [2.75, 3.05) is 7.11 Å². The average molecular weight is 401 g/mol. The number of aromatic nitrogens is 4. The monoisotopic (exact) mass is 400 g/mol. The van der Waals surface area contributed by atoms with Crippen LogP contribution in [0.15, 0.2) is 30.6 Å². The number of halogens is 2. The van der Waals surface area contributed by atoms with Gasteiger partial charge in [0.2, 0.25) is 0 Å². The Morgan fingerprint density at radius 1 is 1.30 bits per heavy atom. The summed E-state index contributed by atoms with van der Waals surface area (Å²) in [5.74, 6) is 0.506. The molecule has 0 aliphatic carbocycles. The highest BCUT2D eigenvalue weighted by molar-refractivity contribution is 14.1. The van der Waals surface area contributed by atoms with Crippen LogP contribution in [0.2, 0.25) is 5.15 Å². The van der Waals surface area contributed by atoms with E-state index in [1.54, 1.807) is 7.11 Å². The van der Waals surface area contributed by atoms with Crippen LogP contribution >= 0.6 is 34.2 Å². The molecule has 3 aromatic heterocycles. The van der Waals surface area contributed by atoms with Crippen molar-refractivity contribution in [3.8, 4) is 11.5 Å². The Morgan fingerprint density at radius 2 is 2.15 bits per heavy atom. The van der Waals surface area contributed by atoms with Crippen molar-refractivity contribution in [1.82, 2.24) is 19.4 Å². The molecule has 0 aromatic carbocycles. The summed E-state index contributed by atoms with van der Waals surface area (Å²) in [6.07, 6.45) is 3.81. The van der Waals surface area contributed by atoms with Gasteiger partial charge in [-0.15, -0.1) is 0 Å². The molecule has 0 amide bonds. The molecule has 20 heavy (non-hydrogen) atoms. The molecule has 0 saturated carbocycles. The average Bonchev–Trinajstić information content (AvgIpc) is 2.87. The molecule has 3 aromatic rings. The third-order valence-corrected chi connectivity index (χ3v) is 4.48. The van der Waals surface area contributed by atoms with Crippen LogP contribution in [0.1, 0.15) is 5.69 Å². The maximum Gasteiger partial charge on any atom is 0.181 e. The highest BCUT2D eigenvalue weighted by Gasteiger charge is 2.14. The van der Waals surface area contributed by atoms with Crippen LogP contribution in [0.25, 0.3) is 17.2 Å². The quantitative estimate of drug-likeness (QED) is 0.500. The fourth-order valence-electron chi connectivity index (χ4n) is 1.85. The molecule has 0 saturated heterocycles. The smallest absolute Gasteiger partial charge is 0.181 e. The van der Waals surface area contributed by atoms with Gasteiger partial charge in [0.15, 0.2) is 5.82 Å². The van der Waals surface area contributed by atoms with Gasteiger partial charge in [-0.25, -0.2) is 15.0 Å². The molecule has 3 rings (SSSR count). The van der Waals surface area contributed by atoms with Gasteiger partial charge in [-0.3, -0.25) is 0 Å². The van der Waals surface area contributed by atoms with Crippen molar-refractivity contribution in [3.63, 3.8) is 0 Å². The number of pyridine rings is 1. The first-order chi connectivity index (χ1) is 9.69. The SMILES string of the molecule is COCc1nc(-c2cn3ccccc3n2)nc(Cl)c1I. The highest BCUT2D eigenvalue weighted by Crippen LogP contribution is 2.24. The van der Waals surface area contributed by atoms with Crippen LogP contribution < -0.4 is 0 Å². The zero-order valence-electron chi connectivity index (χ0n) is 10.5. The first kappa shape index (κ1) is 13.7. The molecule has 0 bridgehead atoms. The molecule has 102 valence electrons. The molecule has 3 heterocycles. The Hall–Kier alpha value is -1.25. The fraction of sp³-hybridized carbons (Fsp3) is 0.154. The van der Waals surface area contributed by atoms with Crippen molar-refractivity contribution in [3.05, 3.63) is 45.0 Å². The maximum atomic E-state index is 6.15. The number of imidazole rings is 1. The van der Waals surface area contributed by atoms with E-state index in [9.17, 15) is 0 Å². The van der Waals surface area contributed by atoms with Gasteiger partial charge in [-0.2, -0.15) is 0 Å². The zero-order valence-corrected chi connectivity index (χ0v) is 13.5. The zero-order chi connectivity index (χ0) is 14.1. The number of nitrogens with zero attached hydrogens (tertiary/aromatic N) is 4. The van der Waals surface area contributed by atoms with Crippen LogP contribution in [0.5, 0.6) is 0 Å². The standard InChI is InChI=1S/C13H10ClIN4O/c1-20-7-9-11(15)12(14)18-13(17-9)8-6-19-5-3-2-4-10(19)16-8/h2-6H,7H2,1H3.